The van der Waals surface area contributed by atoms with Crippen LogP contribution in [-0.4, -0.2) is 15.9 Å². The lowest BCUT2D eigenvalue weighted by Gasteiger charge is -2.11. The first-order valence-electron chi connectivity index (χ1n) is 7.80. The highest BCUT2D eigenvalue weighted by Crippen LogP contribution is 2.17. The number of nitrogens with one attached hydrogen (secondary N) is 2. The second-order valence-corrected chi connectivity index (χ2v) is 5.40. The first kappa shape index (κ1) is 16.6. The van der Waals surface area contributed by atoms with Crippen LogP contribution in [0.25, 0.3) is 0 Å². The summed E-state index contributed by atoms with van der Waals surface area (Å²) >= 11 is 0. The number of carbonyl (C=O) groups excluding carboxylic acids is 1. The summed E-state index contributed by atoms with van der Waals surface area (Å²) in [7, 11) is 0. The summed E-state index contributed by atoms with van der Waals surface area (Å²) in [4.78, 5) is 20.8. The van der Waals surface area contributed by atoms with E-state index >= 15 is 0 Å². The fraction of sp³-hybridized carbons (Fsp3) is 0.105. The number of amides is 1. The normalized spacial score (nSPS) is 10.3. The molecule has 2 heterocycles. The Morgan fingerprint density at radius 1 is 1.00 bits per heavy atom. The van der Waals surface area contributed by atoms with Crippen LogP contribution in [0.1, 0.15) is 21.5 Å². The standard InChI is InChI=1S/C19H17FN4O/c20-12-15-3-1-4-16(11-15)24-19(25)17-5-2-8-22-18(17)23-13-14-6-9-21-10-7-14/h1-11H,12-13H2,(H,22,23)(H,24,25). The number of alkyl halides is 1. The zero-order valence-electron chi connectivity index (χ0n) is 13.4. The number of halogens is 1. The number of benzene rings is 1. The predicted octanol–water partition coefficient (Wildman–Crippen LogP) is 3.81. The smallest absolute Gasteiger partial charge is 0.259 e. The first-order chi connectivity index (χ1) is 12.3. The average molecular weight is 336 g/mol. The summed E-state index contributed by atoms with van der Waals surface area (Å²) < 4.78 is 12.8. The minimum absolute atomic E-state index is 0.304. The van der Waals surface area contributed by atoms with Gasteiger partial charge in [-0.1, -0.05) is 12.1 Å². The van der Waals surface area contributed by atoms with E-state index in [2.05, 4.69) is 20.6 Å². The predicted molar refractivity (Wildman–Crippen MR) is 95.0 cm³/mol. The monoisotopic (exact) mass is 336 g/mol. The van der Waals surface area contributed by atoms with Crippen LogP contribution in [0.4, 0.5) is 15.9 Å². The van der Waals surface area contributed by atoms with E-state index in [4.69, 9.17) is 0 Å². The fourth-order valence-electron chi connectivity index (χ4n) is 2.35. The molecule has 0 spiro atoms. The number of carbonyl (C=O) groups is 1. The molecule has 0 aliphatic rings. The molecule has 1 aromatic carbocycles. The molecule has 3 aromatic rings. The van der Waals surface area contributed by atoms with Gasteiger partial charge in [0, 0.05) is 30.8 Å². The van der Waals surface area contributed by atoms with Crippen LogP contribution in [0.3, 0.4) is 0 Å². The van der Waals surface area contributed by atoms with Crippen LogP contribution < -0.4 is 10.6 Å². The van der Waals surface area contributed by atoms with Crippen LogP contribution in [0.5, 0.6) is 0 Å². The topological polar surface area (TPSA) is 66.9 Å². The summed E-state index contributed by atoms with van der Waals surface area (Å²) in [6, 6.07) is 13.9. The summed E-state index contributed by atoms with van der Waals surface area (Å²) in [6.45, 7) is -0.0491. The molecular weight excluding hydrogens is 319 g/mol. The van der Waals surface area contributed by atoms with Crippen LogP contribution in [-0.2, 0) is 13.2 Å². The van der Waals surface area contributed by atoms with Crippen LogP contribution >= 0.6 is 0 Å². The molecule has 0 saturated carbocycles. The van der Waals surface area contributed by atoms with Gasteiger partial charge in [0.05, 0.1) is 5.56 Å². The zero-order valence-corrected chi connectivity index (χ0v) is 13.4. The molecule has 25 heavy (non-hydrogen) atoms. The minimum Gasteiger partial charge on any atom is -0.365 e. The second-order valence-electron chi connectivity index (χ2n) is 5.40. The van der Waals surface area contributed by atoms with E-state index in [1.54, 1.807) is 55.0 Å². The number of pyridine rings is 2. The minimum atomic E-state index is -0.574. The van der Waals surface area contributed by atoms with Gasteiger partial charge in [-0.15, -0.1) is 0 Å². The lowest BCUT2D eigenvalue weighted by molar-refractivity contribution is 0.102. The lowest BCUT2D eigenvalue weighted by atomic mass is 10.2. The van der Waals surface area contributed by atoms with Crippen LogP contribution in [0.2, 0.25) is 0 Å². The summed E-state index contributed by atoms with van der Waals surface area (Å²) in [5, 5.41) is 5.93. The highest BCUT2D eigenvalue weighted by atomic mass is 19.1. The molecule has 0 aliphatic heterocycles. The Bertz CT molecular complexity index is 855. The first-order valence-corrected chi connectivity index (χ1v) is 7.80. The van der Waals surface area contributed by atoms with Crippen molar-refractivity contribution in [2.45, 2.75) is 13.2 Å². The van der Waals surface area contributed by atoms with Crippen LogP contribution in [0, 0.1) is 0 Å². The maximum atomic E-state index is 12.8. The van der Waals surface area contributed by atoms with Gasteiger partial charge in [-0.3, -0.25) is 9.78 Å². The number of rotatable bonds is 6. The third-order valence-corrected chi connectivity index (χ3v) is 3.60. The van der Waals surface area contributed by atoms with E-state index in [0.717, 1.165) is 5.56 Å². The average Bonchev–Trinajstić information content (AvgIpc) is 2.67. The number of aromatic nitrogens is 2. The van der Waals surface area contributed by atoms with Gasteiger partial charge in [-0.05, 0) is 47.5 Å². The number of anilines is 2. The third kappa shape index (κ3) is 4.38. The molecule has 0 fully saturated rings. The second kappa shape index (κ2) is 8.01. The summed E-state index contributed by atoms with van der Waals surface area (Å²) in [6.07, 6.45) is 5.04. The Hall–Kier alpha value is -3.28. The van der Waals surface area contributed by atoms with Crippen molar-refractivity contribution in [2.75, 3.05) is 10.6 Å². The molecule has 0 saturated heterocycles. The molecule has 3 rings (SSSR count). The Morgan fingerprint density at radius 2 is 1.84 bits per heavy atom. The molecule has 2 aromatic heterocycles. The number of hydrogen-bond donors (Lipinski definition) is 2. The molecule has 0 bridgehead atoms. The van der Waals surface area contributed by atoms with Gasteiger partial charge in [0.1, 0.15) is 12.5 Å². The Kier molecular flexibility index (Phi) is 5.31. The largest absolute Gasteiger partial charge is 0.365 e. The van der Waals surface area contributed by atoms with E-state index in [0.29, 0.717) is 29.2 Å². The molecule has 126 valence electrons. The number of hydrogen-bond acceptors (Lipinski definition) is 4. The van der Waals surface area contributed by atoms with E-state index in [9.17, 15) is 9.18 Å². The molecule has 2 N–H and O–H groups in total. The fourth-order valence-corrected chi connectivity index (χ4v) is 2.35. The Balaban J connectivity index is 1.74. The molecule has 6 heteroatoms. The van der Waals surface area contributed by atoms with Crippen molar-refractivity contribution in [2.24, 2.45) is 0 Å². The maximum absolute atomic E-state index is 12.8. The van der Waals surface area contributed by atoms with E-state index in [1.165, 1.54) is 0 Å². The van der Waals surface area contributed by atoms with Crippen LogP contribution in [0.15, 0.2) is 67.1 Å². The molecule has 0 aliphatic carbocycles. The van der Waals surface area contributed by atoms with Crippen molar-refractivity contribution in [3.05, 3.63) is 83.8 Å². The van der Waals surface area contributed by atoms with Crippen molar-refractivity contribution in [1.29, 1.82) is 0 Å². The molecular formula is C19H17FN4O. The van der Waals surface area contributed by atoms with E-state index in [-0.39, 0.29) is 5.91 Å². The SMILES string of the molecule is O=C(Nc1cccc(CF)c1)c1cccnc1NCc1ccncc1. The van der Waals surface area contributed by atoms with Gasteiger partial charge >= 0.3 is 0 Å². The lowest BCUT2D eigenvalue weighted by Crippen LogP contribution is -2.15. The summed E-state index contributed by atoms with van der Waals surface area (Å²) in [5.74, 6) is 0.180. The van der Waals surface area contributed by atoms with Gasteiger partial charge in [-0.2, -0.15) is 0 Å². The van der Waals surface area contributed by atoms with Crippen molar-refractivity contribution < 1.29 is 9.18 Å². The van der Waals surface area contributed by atoms with E-state index in [1.807, 2.05) is 12.1 Å². The van der Waals surface area contributed by atoms with Gasteiger partial charge in [0.15, 0.2) is 0 Å². The zero-order chi connectivity index (χ0) is 17.5. The highest BCUT2D eigenvalue weighted by Gasteiger charge is 2.12. The maximum Gasteiger partial charge on any atom is 0.259 e. The van der Waals surface area contributed by atoms with Crippen molar-refractivity contribution >= 4 is 17.4 Å². The Morgan fingerprint density at radius 3 is 2.64 bits per heavy atom. The third-order valence-electron chi connectivity index (χ3n) is 3.60. The quantitative estimate of drug-likeness (QED) is 0.718. The van der Waals surface area contributed by atoms with Gasteiger partial charge in [0.25, 0.3) is 5.91 Å². The van der Waals surface area contributed by atoms with Crippen molar-refractivity contribution in [3.63, 3.8) is 0 Å². The molecule has 5 nitrogen and oxygen atoms in total. The van der Waals surface area contributed by atoms with Crippen molar-refractivity contribution in [1.82, 2.24) is 9.97 Å². The van der Waals surface area contributed by atoms with Gasteiger partial charge in [-0.25, -0.2) is 9.37 Å². The summed E-state index contributed by atoms with van der Waals surface area (Å²) in [5.41, 5.74) is 2.51. The van der Waals surface area contributed by atoms with E-state index < -0.39 is 6.67 Å². The molecule has 1 amide bonds. The molecule has 0 atom stereocenters. The highest BCUT2D eigenvalue weighted by molar-refractivity contribution is 6.07. The molecule has 0 radical (unpaired) electrons. The van der Waals surface area contributed by atoms with Crippen molar-refractivity contribution in [3.8, 4) is 0 Å². The van der Waals surface area contributed by atoms with Gasteiger partial charge < -0.3 is 10.6 Å². The van der Waals surface area contributed by atoms with Gasteiger partial charge in [0.2, 0.25) is 0 Å². The molecule has 0 unspecified atom stereocenters. The number of nitrogens with zero attached hydrogens (tertiary/aromatic N) is 2. The Labute approximate surface area is 145 Å².